The van der Waals surface area contributed by atoms with Gasteiger partial charge in [0.15, 0.2) is 0 Å². The number of benzene rings is 1. The number of aryl methyl sites for hydroxylation is 1. The summed E-state index contributed by atoms with van der Waals surface area (Å²) in [7, 11) is 0. The van der Waals surface area contributed by atoms with Gasteiger partial charge in [-0.1, -0.05) is 30.3 Å². The molecule has 0 radical (unpaired) electrons. The molecule has 94 valence electrons. The zero-order valence-electron chi connectivity index (χ0n) is 10.5. The van der Waals surface area contributed by atoms with Crippen LogP contribution in [-0.4, -0.2) is 25.8 Å². The molecule has 1 heterocycles. The van der Waals surface area contributed by atoms with Crippen molar-refractivity contribution in [1.29, 1.82) is 0 Å². The van der Waals surface area contributed by atoms with Crippen molar-refractivity contribution in [3.63, 3.8) is 0 Å². The summed E-state index contributed by atoms with van der Waals surface area (Å²) in [6.45, 7) is 2.97. The predicted molar refractivity (Wildman–Crippen MR) is 71.2 cm³/mol. The van der Waals surface area contributed by atoms with Crippen LogP contribution in [0.25, 0.3) is 0 Å². The summed E-state index contributed by atoms with van der Waals surface area (Å²) < 4.78 is 5.69. The Bertz CT molecular complexity index is 293. The highest BCUT2D eigenvalue weighted by molar-refractivity contribution is 5.14. The molecule has 1 aliphatic heterocycles. The molecule has 1 fully saturated rings. The second-order valence-electron chi connectivity index (χ2n) is 4.81. The number of rotatable bonds is 7. The lowest BCUT2D eigenvalue weighted by Crippen LogP contribution is -2.26. The molecule has 0 saturated carbocycles. The van der Waals surface area contributed by atoms with Gasteiger partial charge in [0.1, 0.15) is 0 Å². The second kappa shape index (κ2) is 7.46. The Morgan fingerprint density at radius 3 is 2.82 bits per heavy atom. The van der Waals surface area contributed by atoms with Crippen LogP contribution in [0.15, 0.2) is 30.3 Å². The van der Waals surface area contributed by atoms with Crippen molar-refractivity contribution in [3.05, 3.63) is 35.9 Å². The zero-order chi connectivity index (χ0) is 11.8. The van der Waals surface area contributed by atoms with Gasteiger partial charge in [0, 0.05) is 12.6 Å². The molecule has 1 unspecified atom stereocenters. The van der Waals surface area contributed by atoms with Crippen LogP contribution in [0.4, 0.5) is 0 Å². The fourth-order valence-electron chi connectivity index (χ4n) is 2.30. The van der Waals surface area contributed by atoms with Crippen molar-refractivity contribution in [2.75, 3.05) is 19.8 Å². The minimum atomic E-state index is 0.615. The van der Waals surface area contributed by atoms with Crippen LogP contribution in [0.2, 0.25) is 0 Å². The number of hydrogen-bond acceptors (Lipinski definition) is 2. The first kappa shape index (κ1) is 12.6. The molecule has 0 amide bonds. The van der Waals surface area contributed by atoms with E-state index in [-0.39, 0.29) is 0 Å². The van der Waals surface area contributed by atoms with Crippen LogP contribution in [0.1, 0.15) is 31.2 Å². The first-order valence-electron chi connectivity index (χ1n) is 6.80. The number of hydrogen-bond donors (Lipinski definition) is 1. The topological polar surface area (TPSA) is 21.3 Å². The fraction of sp³-hybridized carbons (Fsp3) is 0.600. The van der Waals surface area contributed by atoms with E-state index in [1.54, 1.807) is 0 Å². The van der Waals surface area contributed by atoms with Crippen molar-refractivity contribution in [2.45, 2.75) is 38.1 Å². The molecule has 0 spiro atoms. The van der Waals surface area contributed by atoms with Gasteiger partial charge in [0.2, 0.25) is 0 Å². The molecule has 1 aromatic carbocycles. The van der Waals surface area contributed by atoms with E-state index in [9.17, 15) is 0 Å². The normalized spacial score (nSPS) is 19.6. The van der Waals surface area contributed by atoms with Crippen LogP contribution in [0, 0.1) is 0 Å². The van der Waals surface area contributed by atoms with Gasteiger partial charge in [-0.15, -0.1) is 0 Å². The monoisotopic (exact) mass is 233 g/mol. The average Bonchev–Trinajstić information content (AvgIpc) is 2.88. The Labute approximate surface area is 104 Å². The van der Waals surface area contributed by atoms with E-state index in [2.05, 4.69) is 35.6 Å². The quantitative estimate of drug-likeness (QED) is 0.731. The third-order valence-corrected chi connectivity index (χ3v) is 3.33. The SMILES string of the molecule is c1ccc(CCCCOCC2CCCN2)cc1. The lowest BCUT2D eigenvalue weighted by Gasteiger charge is -2.10. The molecule has 1 saturated heterocycles. The van der Waals surface area contributed by atoms with Gasteiger partial charge >= 0.3 is 0 Å². The van der Waals surface area contributed by atoms with E-state index >= 15 is 0 Å². The Morgan fingerprint density at radius 2 is 2.06 bits per heavy atom. The van der Waals surface area contributed by atoms with Crippen LogP contribution in [0.3, 0.4) is 0 Å². The first-order chi connectivity index (χ1) is 8.45. The molecular weight excluding hydrogens is 210 g/mol. The Kier molecular flexibility index (Phi) is 5.53. The minimum absolute atomic E-state index is 0.615. The first-order valence-corrected chi connectivity index (χ1v) is 6.80. The average molecular weight is 233 g/mol. The maximum Gasteiger partial charge on any atom is 0.0619 e. The maximum absolute atomic E-state index is 5.69. The van der Waals surface area contributed by atoms with Crippen LogP contribution in [-0.2, 0) is 11.2 Å². The highest BCUT2D eigenvalue weighted by atomic mass is 16.5. The molecule has 0 aromatic heterocycles. The molecule has 1 N–H and O–H groups in total. The zero-order valence-corrected chi connectivity index (χ0v) is 10.5. The minimum Gasteiger partial charge on any atom is -0.380 e. The van der Waals surface area contributed by atoms with E-state index in [1.165, 1.54) is 44.2 Å². The Morgan fingerprint density at radius 1 is 1.18 bits per heavy atom. The van der Waals surface area contributed by atoms with Gasteiger partial charge in [0.25, 0.3) is 0 Å². The molecule has 17 heavy (non-hydrogen) atoms. The number of ether oxygens (including phenoxy) is 1. The van der Waals surface area contributed by atoms with Crippen molar-refractivity contribution in [1.82, 2.24) is 5.32 Å². The molecular formula is C15H23NO. The van der Waals surface area contributed by atoms with Gasteiger partial charge < -0.3 is 10.1 Å². The summed E-state index contributed by atoms with van der Waals surface area (Å²) >= 11 is 0. The summed E-state index contributed by atoms with van der Waals surface area (Å²) in [5.41, 5.74) is 1.44. The molecule has 1 aliphatic rings. The largest absolute Gasteiger partial charge is 0.380 e. The van der Waals surface area contributed by atoms with E-state index < -0.39 is 0 Å². The Balaban J connectivity index is 1.46. The van der Waals surface area contributed by atoms with Gasteiger partial charge in [-0.25, -0.2) is 0 Å². The highest BCUT2D eigenvalue weighted by Gasteiger charge is 2.13. The van der Waals surface area contributed by atoms with E-state index in [0.717, 1.165) is 13.2 Å². The molecule has 0 aliphatic carbocycles. The highest BCUT2D eigenvalue weighted by Crippen LogP contribution is 2.07. The lowest BCUT2D eigenvalue weighted by molar-refractivity contribution is 0.113. The van der Waals surface area contributed by atoms with E-state index in [0.29, 0.717) is 6.04 Å². The molecule has 0 bridgehead atoms. The predicted octanol–water partition coefficient (Wildman–Crippen LogP) is 2.78. The summed E-state index contributed by atoms with van der Waals surface area (Å²) in [4.78, 5) is 0. The second-order valence-corrected chi connectivity index (χ2v) is 4.81. The number of unbranched alkanes of at least 4 members (excludes halogenated alkanes) is 1. The molecule has 1 atom stereocenters. The summed E-state index contributed by atoms with van der Waals surface area (Å²) in [6, 6.07) is 11.3. The van der Waals surface area contributed by atoms with E-state index in [4.69, 9.17) is 4.74 Å². The van der Waals surface area contributed by atoms with Crippen LogP contribution in [0.5, 0.6) is 0 Å². The molecule has 2 nitrogen and oxygen atoms in total. The smallest absolute Gasteiger partial charge is 0.0619 e. The standard InChI is InChI=1S/C15H23NO/c1-2-7-14(8-3-1)9-4-5-12-17-13-15-10-6-11-16-15/h1-3,7-8,15-16H,4-6,9-13H2. The molecule has 2 rings (SSSR count). The Hall–Kier alpha value is -0.860. The van der Waals surface area contributed by atoms with Gasteiger partial charge in [-0.3, -0.25) is 0 Å². The maximum atomic E-state index is 5.69. The summed E-state index contributed by atoms with van der Waals surface area (Å²) in [5, 5.41) is 3.45. The van der Waals surface area contributed by atoms with Crippen LogP contribution < -0.4 is 5.32 Å². The summed E-state index contributed by atoms with van der Waals surface area (Å²) in [5.74, 6) is 0. The number of nitrogens with one attached hydrogen (secondary N) is 1. The van der Waals surface area contributed by atoms with Gasteiger partial charge in [0.05, 0.1) is 6.61 Å². The van der Waals surface area contributed by atoms with Crippen molar-refractivity contribution in [2.24, 2.45) is 0 Å². The molecule has 1 aromatic rings. The van der Waals surface area contributed by atoms with Crippen molar-refractivity contribution in [3.8, 4) is 0 Å². The van der Waals surface area contributed by atoms with Crippen molar-refractivity contribution < 1.29 is 4.74 Å². The van der Waals surface area contributed by atoms with Crippen LogP contribution >= 0.6 is 0 Å². The third kappa shape index (κ3) is 4.88. The fourth-order valence-corrected chi connectivity index (χ4v) is 2.30. The van der Waals surface area contributed by atoms with Crippen molar-refractivity contribution >= 4 is 0 Å². The third-order valence-electron chi connectivity index (χ3n) is 3.33. The summed E-state index contributed by atoms with van der Waals surface area (Å²) in [6.07, 6.45) is 6.15. The van der Waals surface area contributed by atoms with E-state index in [1.807, 2.05) is 0 Å². The molecule has 2 heteroatoms. The van der Waals surface area contributed by atoms with Gasteiger partial charge in [-0.05, 0) is 44.2 Å². The van der Waals surface area contributed by atoms with Gasteiger partial charge in [-0.2, -0.15) is 0 Å². The lowest BCUT2D eigenvalue weighted by atomic mass is 10.1.